The lowest BCUT2D eigenvalue weighted by Crippen LogP contribution is -2.30. The lowest BCUT2D eigenvalue weighted by Gasteiger charge is -2.16. The second kappa shape index (κ2) is 7.16. The van der Waals surface area contributed by atoms with E-state index in [2.05, 4.69) is 34.6 Å². The molecule has 2 aromatic rings. The van der Waals surface area contributed by atoms with Gasteiger partial charge in [0.25, 0.3) is 0 Å². The number of pyridine rings is 1. The molecule has 0 bridgehead atoms. The number of nitrogens with one attached hydrogen (secondary N) is 1. The number of thioether (sulfide) groups is 1. The Balaban J connectivity index is 1.92. The number of aromatic nitrogens is 1. The van der Waals surface area contributed by atoms with Crippen LogP contribution < -0.4 is 11.1 Å². The van der Waals surface area contributed by atoms with Gasteiger partial charge < -0.3 is 11.1 Å². The van der Waals surface area contributed by atoms with Gasteiger partial charge in [-0.25, -0.2) is 0 Å². The van der Waals surface area contributed by atoms with Crippen LogP contribution in [0.3, 0.4) is 0 Å². The summed E-state index contributed by atoms with van der Waals surface area (Å²) in [7, 11) is 1.99. The standard InChI is InChI=1S/C15H19N3S/c1-17-13(9-12-10-18-8-7-15(12)16)11-19-14-5-3-2-4-6-14/h2-8,10,13,17H,9,11H2,1H3,(H2,16,18). The number of hydrogen-bond donors (Lipinski definition) is 2. The molecule has 100 valence electrons. The summed E-state index contributed by atoms with van der Waals surface area (Å²) in [6.45, 7) is 0. The number of anilines is 1. The van der Waals surface area contributed by atoms with E-state index in [1.54, 1.807) is 6.20 Å². The highest BCUT2D eigenvalue weighted by Crippen LogP contribution is 2.20. The zero-order valence-corrected chi connectivity index (χ0v) is 11.9. The van der Waals surface area contributed by atoms with E-state index in [0.717, 1.165) is 23.4 Å². The molecule has 2 rings (SSSR count). The second-order valence-corrected chi connectivity index (χ2v) is 5.48. The summed E-state index contributed by atoms with van der Waals surface area (Å²) < 4.78 is 0. The Hall–Kier alpha value is -1.52. The van der Waals surface area contributed by atoms with E-state index in [1.165, 1.54) is 4.90 Å². The molecule has 19 heavy (non-hydrogen) atoms. The molecule has 3 N–H and O–H groups in total. The lowest BCUT2D eigenvalue weighted by molar-refractivity contribution is 0.617. The highest BCUT2D eigenvalue weighted by atomic mass is 32.2. The van der Waals surface area contributed by atoms with E-state index >= 15 is 0 Å². The number of likely N-dealkylation sites (N-methyl/N-ethyl adjacent to an activating group) is 1. The number of rotatable bonds is 6. The molecule has 3 nitrogen and oxygen atoms in total. The highest BCUT2D eigenvalue weighted by Gasteiger charge is 2.10. The van der Waals surface area contributed by atoms with Crippen LogP contribution in [0, 0.1) is 0 Å². The number of nitrogens with zero attached hydrogens (tertiary/aromatic N) is 1. The molecule has 0 spiro atoms. The molecule has 0 aliphatic rings. The van der Waals surface area contributed by atoms with Gasteiger partial charge in [0.05, 0.1) is 0 Å². The van der Waals surface area contributed by atoms with Crippen molar-refractivity contribution < 1.29 is 0 Å². The maximum atomic E-state index is 5.96. The van der Waals surface area contributed by atoms with E-state index in [9.17, 15) is 0 Å². The molecule has 4 heteroatoms. The molecule has 0 saturated carbocycles. The van der Waals surface area contributed by atoms with Gasteiger partial charge in [-0.3, -0.25) is 4.98 Å². The first-order valence-corrected chi connectivity index (χ1v) is 7.31. The number of nitrogen functional groups attached to an aromatic ring is 1. The van der Waals surface area contributed by atoms with Crippen LogP contribution >= 0.6 is 11.8 Å². The smallest absolute Gasteiger partial charge is 0.0378 e. The van der Waals surface area contributed by atoms with Crippen molar-refractivity contribution >= 4 is 17.4 Å². The van der Waals surface area contributed by atoms with Gasteiger partial charge >= 0.3 is 0 Å². The molecule has 0 amide bonds. The van der Waals surface area contributed by atoms with Crippen LogP contribution in [0.5, 0.6) is 0 Å². The second-order valence-electron chi connectivity index (χ2n) is 4.39. The zero-order valence-electron chi connectivity index (χ0n) is 11.0. The van der Waals surface area contributed by atoms with Gasteiger partial charge in [0.2, 0.25) is 0 Å². The quantitative estimate of drug-likeness (QED) is 0.794. The van der Waals surface area contributed by atoms with Crippen LogP contribution in [0.1, 0.15) is 5.56 Å². The van der Waals surface area contributed by atoms with Crippen LogP contribution in [-0.4, -0.2) is 23.8 Å². The summed E-state index contributed by atoms with van der Waals surface area (Å²) >= 11 is 1.85. The van der Waals surface area contributed by atoms with Crippen molar-refractivity contribution in [1.29, 1.82) is 0 Å². The van der Waals surface area contributed by atoms with Crippen LogP contribution in [0.4, 0.5) is 5.69 Å². The average molecular weight is 273 g/mol. The lowest BCUT2D eigenvalue weighted by atomic mass is 10.1. The molecule has 1 aromatic carbocycles. The minimum atomic E-state index is 0.386. The normalized spacial score (nSPS) is 12.3. The minimum absolute atomic E-state index is 0.386. The van der Waals surface area contributed by atoms with E-state index in [0.29, 0.717) is 6.04 Å². The topological polar surface area (TPSA) is 50.9 Å². The Kier molecular flexibility index (Phi) is 5.24. The third-order valence-corrected chi connectivity index (χ3v) is 4.18. The van der Waals surface area contributed by atoms with Crippen molar-refractivity contribution in [3.63, 3.8) is 0 Å². The summed E-state index contributed by atoms with van der Waals surface area (Å²) in [6.07, 6.45) is 4.48. The first-order valence-electron chi connectivity index (χ1n) is 6.33. The summed E-state index contributed by atoms with van der Waals surface area (Å²) in [5.74, 6) is 1.01. The minimum Gasteiger partial charge on any atom is -0.398 e. The number of nitrogens with two attached hydrogens (primary N) is 1. The summed E-state index contributed by atoms with van der Waals surface area (Å²) in [4.78, 5) is 5.43. The third-order valence-electron chi connectivity index (χ3n) is 3.01. The summed E-state index contributed by atoms with van der Waals surface area (Å²) in [5, 5.41) is 3.34. The molecule has 1 aromatic heterocycles. The van der Waals surface area contributed by atoms with E-state index in [1.807, 2.05) is 37.1 Å². The molecule has 1 heterocycles. The molecule has 0 aliphatic heterocycles. The molecule has 0 radical (unpaired) electrons. The fourth-order valence-electron chi connectivity index (χ4n) is 1.83. The summed E-state index contributed by atoms with van der Waals surface area (Å²) in [5.41, 5.74) is 7.88. The van der Waals surface area contributed by atoms with Crippen molar-refractivity contribution in [3.05, 3.63) is 54.4 Å². The van der Waals surface area contributed by atoms with E-state index < -0.39 is 0 Å². The fraction of sp³-hybridized carbons (Fsp3) is 0.267. The molecular weight excluding hydrogens is 254 g/mol. The average Bonchev–Trinajstić information content (AvgIpc) is 2.46. The van der Waals surface area contributed by atoms with Crippen molar-refractivity contribution in [3.8, 4) is 0 Å². The number of benzene rings is 1. The first kappa shape index (κ1) is 13.9. The molecular formula is C15H19N3S. The Morgan fingerprint density at radius 2 is 2.05 bits per heavy atom. The van der Waals surface area contributed by atoms with Crippen LogP contribution in [0.2, 0.25) is 0 Å². The largest absolute Gasteiger partial charge is 0.398 e. The van der Waals surface area contributed by atoms with E-state index in [-0.39, 0.29) is 0 Å². The van der Waals surface area contributed by atoms with Crippen molar-refractivity contribution in [2.24, 2.45) is 0 Å². The van der Waals surface area contributed by atoms with Gasteiger partial charge in [-0.05, 0) is 37.2 Å². The van der Waals surface area contributed by atoms with Crippen LogP contribution in [0.15, 0.2) is 53.7 Å². The fourth-order valence-corrected chi connectivity index (χ4v) is 2.86. The molecule has 1 unspecified atom stereocenters. The molecule has 0 aliphatic carbocycles. The van der Waals surface area contributed by atoms with Crippen molar-refractivity contribution in [2.45, 2.75) is 17.4 Å². The first-order chi connectivity index (χ1) is 9.29. The maximum absolute atomic E-state index is 5.96. The van der Waals surface area contributed by atoms with Gasteiger partial charge in [-0.15, -0.1) is 11.8 Å². The molecule has 0 saturated heterocycles. The van der Waals surface area contributed by atoms with Gasteiger partial charge in [-0.1, -0.05) is 18.2 Å². The van der Waals surface area contributed by atoms with Gasteiger partial charge in [0, 0.05) is 34.8 Å². The predicted octanol–water partition coefficient (Wildman–Crippen LogP) is 2.59. The van der Waals surface area contributed by atoms with Crippen molar-refractivity contribution in [1.82, 2.24) is 10.3 Å². The highest BCUT2D eigenvalue weighted by molar-refractivity contribution is 7.99. The Morgan fingerprint density at radius 1 is 1.26 bits per heavy atom. The van der Waals surface area contributed by atoms with Gasteiger partial charge in [-0.2, -0.15) is 0 Å². The molecule has 0 fully saturated rings. The monoisotopic (exact) mass is 273 g/mol. The molecule has 1 atom stereocenters. The summed E-state index contributed by atoms with van der Waals surface area (Å²) in [6, 6.07) is 12.7. The Labute approximate surface area is 118 Å². The third kappa shape index (κ3) is 4.26. The SMILES string of the molecule is CNC(CSc1ccccc1)Cc1cnccc1N. The maximum Gasteiger partial charge on any atom is 0.0378 e. The van der Waals surface area contributed by atoms with E-state index in [4.69, 9.17) is 5.73 Å². The van der Waals surface area contributed by atoms with Gasteiger partial charge in [0.15, 0.2) is 0 Å². The Bertz CT molecular complexity index is 502. The Morgan fingerprint density at radius 3 is 2.74 bits per heavy atom. The van der Waals surface area contributed by atoms with Crippen LogP contribution in [-0.2, 0) is 6.42 Å². The number of hydrogen-bond acceptors (Lipinski definition) is 4. The van der Waals surface area contributed by atoms with Gasteiger partial charge in [0.1, 0.15) is 0 Å². The van der Waals surface area contributed by atoms with Crippen molar-refractivity contribution in [2.75, 3.05) is 18.5 Å². The zero-order chi connectivity index (χ0) is 13.5. The van der Waals surface area contributed by atoms with Crippen LogP contribution in [0.25, 0.3) is 0 Å². The predicted molar refractivity (Wildman–Crippen MR) is 82.4 cm³/mol.